The molecule has 0 bridgehead atoms. The molecule has 3 nitrogen and oxygen atoms in total. The maximum Gasteiger partial charge on any atom is 0.102 e. The number of benzene rings is 1. The van der Waals surface area contributed by atoms with Crippen molar-refractivity contribution in [2.75, 3.05) is 11.1 Å². The number of nitriles is 1. The highest BCUT2D eigenvalue weighted by molar-refractivity contribution is 7.99. The minimum Gasteiger partial charge on any atom is -0.380 e. The Morgan fingerprint density at radius 3 is 2.90 bits per heavy atom. The number of aryl methyl sites for hydroxylation is 1. The fourth-order valence-electron chi connectivity index (χ4n) is 1.94. The maximum absolute atomic E-state index is 9.36. The highest BCUT2D eigenvalue weighted by Crippen LogP contribution is 2.28. The summed E-state index contributed by atoms with van der Waals surface area (Å²) in [6, 6.07) is 10.2. The van der Waals surface area contributed by atoms with Gasteiger partial charge >= 0.3 is 0 Å². The topological polar surface area (TPSA) is 48.7 Å². The molecule has 0 atom stereocenters. The highest BCUT2D eigenvalue weighted by atomic mass is 32.2. The van der Waals surface area contributed by atoms with Crippen LogP contribution in [0.3, 0.4) is 0 Å². The van der Waals surface area contributed by atoms with Gasteiger partial charge in [0.2, 0.25) is 0 Å². The van der Waals surface area contributed by atoms with Crippen LogP contribution < -0.4 is 5.32 Å². The number of hydrogen-bond acceptors (Lipinski definition) is 4. The third-order valence-corrected chi connectivity index (χ3v) is 3.99. The van der Waals surface area contributed by atoms with E-state index < -0.39 is 0 Å². The Morgan fingerprint density at radius 1 is 1.35 bits per heavy atom. The number of pyridine rings is 1. The molecule has 1 heterocycles. The Balaban J connectivity index is 2.20. The van der Waals surface area contributed by atoms with Crippen molar-refractivity contribution in [2.24, 2.45) is 0 Å². The number of nitrogens with zero attached hydrogens (tertiary/aromatic N) is 2. The van der Waals surface area contributed by atoms with Crippen molar-refractivity contribution in [3.05, 3.63) is 53.3 Å². The lowest BCUT2D eigenvalue weighted by Crippen LogP contribution is -2.04. The van der Waals surface area contributed by atoms with Crippen molar-refractivity contribution in [2.45, 2.75) is 25.3 Å². The molecule has 1 aromatic carbocycles. The number of aromatic nitrogens is 1. The summed E-state index contributed by atoms with van der Waals surface area (Å²) in [5.74, 6) is 0.958. The van der Waals surface area contributed by atoms with Crippen LogP contribution in [0, 0.1) is 18.3 Å². The number of nitrogens with one attached hydrogen (secondary N) is 1. The summed E-state index contributed by atoms with van der Waals surface area (Å²) >= 11 is 1.69. The quantitative estimate of drug-likeness (QED) is 0.843. The van der Waals surface area contributed by atoms with Gasteiger partial charge in [-0.05, 0) is 42.0 Å². The summed E-state index contributed by atoms with van der Waals surface area (Å²) in [6.45, 7) is 4.83. The number of rotatable bonds is 5. The van der Waals surface area contributed by atoms with Gasteiger partial charge in [-0.25, -0.2) is 0 Å². The molecule has 1 aromatic heterocycles. The monoisotopic (exact) mass is 283 g/mol. The molecular weight excluding hydrogens is 266 g/mol. The van der Waals surface area contributed by atoms with E-state index in [9.17, 15) is 5.26 Å². The van der Waals surface area contributed by atoms with Crippen molar-refractivity contribution < 1.29 is 0 Å². The first kappa shape index (κ1) is 14.4. The molecule has 0 aliphatic heterocycles. The summed E-state index contributed by atoms with van der Waals surface area (Å²) < 4.78 is 0. The van der Waals surface area contributed by atoms with Crippen molar-refractivity contribution >= 4 is 17.4 Å². The van der Waals surface area contributed by atoms with Crippen LogP contribution in [0.2, 0.25) is 0 Å². The molecule has 2 rings (SSSR count). The van der Waals surface area contributed by atoms with E-state index in [1.165, 1.54) is 5.56 Å². The molecule has 0 fully saturated rings. The smallest absolute Gasteiger partial charge is 0.102 e. The van der Waals surface area contributed by atoms with Gasteiger partial charge in [-0.15, -0.1) is 11.8 Å². The summed E-state index contributed by atoms with van der Waals surface area (Å²) in [7, 11) is 0. The van der Waals surface area contributed by atoms with Gasteiger partial charge in [-0.1, -0.05) is 13.0 Å². The molecule has 20 heavy (non-hydrogen) atoms. The molecule has 0 radical (unpaired) electrons. The normalized spacial score (nSPS) is 10.1. The van der Waals surface area contributed by atoms with Crippen LogP contribution in [0.4, 0.5) is 5.69 Å². The first-order chi connectivity index (χ1) is 9.76. The van der Waals surface area contributed by atoms with Crippen molar-refractivity contribution in [1.82, 2.24) is 4.98 Å². The van der Waals surface area contributed by atoms with Crippen LogP contribution in [0.1, 0.15) is 23.6 Å². The van der Waals surface area contributed by atoms with Crippen LogP contribution in [-0.4, -0.2) is 10.7 Å². The number of hydrogen-bond donors (Lipinski definition) is 1. The van der Waals surface area contributed by atoms with E-state index in [1.807, 2.05) is 30.5 Å². The second-order valence-corrected chi connectivity index (χ2v) is 5.69. The first-order valence-corrected chi connectivity index (χ1v) is 7.54. The van der Waals surface area contributed by atoms with Crippen LogP contribution in [-0.2, 0) is 6.54 Å². The minimum atomic E-state index is 0.675. The number of anilines is 1. The Kier molecular flexibility index (Phi) is 5.03. The number of thioether (sulfide) groups is 1. The van der Waals surface area contributed by atoms with Gasteiger partial charge in [0.1, 0.15) is 6.07 Å². The molecule has 4 heteroatoms. The van der Waals surface area contributed by atoms with Crippen molar-refractivity contribution in [3.8, 4) is 6.07 Å². The van der Waals surface area contributed by atoms with E-state index in [0.29, 0.717) is 6.54 Å². The van der Waals surface area contributed by atoms with E-state index in [2.05, 4.69) is 30.2 Å². The summed E-state index contributed by atoms with van der Waals surface area (Å²) in [6.07, 6.45) is 3.65. The second kappa shape index (κ2) is 6.97. The fourth-order valence-corrected chi connectivity index (χ4v) is 2.73. The average molecular weight is 283 g/mol. The molecule has 0 unspecified atom stereocenters. The van der Waals surface area contributed by atoms with Gasteiger partial charge in [-0.2, -0.15) is 5.26 Å². The Morgan fingerprint density at radius 2 is 2.20 bits per heavy atom. The minimum absolute atomic E-state index is 0.675. The first-order valence-electron chi connectivity index (χ1n) is 6.55. The second-order valence-electron chi connectivity index (χ2n) is 4.38. The zero-order valence-corrected chi connectivity index (χ0v) is 12.5. The molecule has 0 aliphatic carbocycles. The van der Waals surface area contributed by atoms with Gasteiger partial charge in [0.25, 0.3) is 0 Å². The summed E-state index contributed by atoms with van der Waals surface area (Å²) in [4.78, 5) is 5.17. The fraction of sp³-hybridized carbons (Fsp3) is 0.250. The Bertz CT molecular complexity index is 632. The molecule has 0 saturated heterocycles. The molecule has 0 aliphatic rings. The largest absolute Gasteiger partial charge is 0.380 e. The van der Waals surface area contributed by atoms with Gasteiger partial charge in [0, 0.05) is 23.8 Å². The Labute approximate surface area is 124 Å². The third-order valence-electron chi connectivity index (χ3n) is 3.05. The third kappa shape index (κ3) is 3.31. The maximum atomic E-state index is 9.36. The van der Waals surface area contributed by atoms with Crippen LogP contribution >= 0.6 is 11.8 Å². The van der Waals surface area contributed by atoms with E-state index >= 15 is 0 Å². The average Bonchev–Trinajstić information content (AvgIpc) is 2.47. The molecule has 1 N–H and O–H groups in total. The lowest BCUT2D eigenvalue weighted by Gasteiger charge is -2.12. The summed E-state index contributed by atoms with van der Waals surface area (Å²) in [5.41, 5.74) is 3.95. The zero-order chi connectivity index (χ0) is 14.4. The molecule has 0 spiro atoms. The molecular formula is C16H17N3S. The Hall–Kier alpha value is -1.99. The van der Waals surface area contributed by atoms with E-state index in [0.717, 1.165) is 27.5 Å². The molecule has 0 saturated carbocycles. The van der Waals surface area contributed by atoms with E-state index in [1.54, 1.807) is 18.0 Å². The van der Waals surface area contributed by atoms with Crippen LogP contribution in [0.25, 0.3) is 0 Å². The molecule has 2 aromatic rings. The van der Waals surface area contributed by atoms with Crippen molar-refractivity contribution in [3.63, 3.8) is 0 Å². The molecule has 102 valence electrons. The van der Waals surface area contributed by atoms with E-state index in [4.69, 9.17) is 0 Å². The van der Waals surface area contributed by atoms with Crippen LogP contribution in [0.5, 0.6) is 0 Å². The SMILES string of the molecule is CCSc1cccc(NCc2cnccc2C)c1C#N. The highest BCUT2D eigenvalue weighted by Gasteiger charge is 2.08. The molecule has 0 amide bonds. The lowest BCUT2D eigenvalue weighted by atomic mass is 10.1. The standard InChI is InChI=1S/C16H17N3S/c1-3-20-16-6-4-5-15(14(16)9-17)19-11-13-10-18-8-7-12(13)2/h4-8,10,19H,3,11H2,1-2H3. The predicted molar refractivity (Wildman–Crippen MR) is 83.9 cm³/mol. The van der Waals surface area contributed by atoms with E-state index in [-0.39, 0.29) is 0 Å². The zero-order valence-electron chi connectivity index (χ0n) is 11.7. The van der Waals surface area contributed by atoms with Crippen molar-refractivity contribution in [1.29, 1.82) is 5.26 Å². The van der Waals surface area contributed by atoms with Gasteiger partial charge in [-0.3, -0.25) is 4.98 Å². The van der Waals surface area contributed by atoms with Gasteiger partial charge in [0.15, 0.2) is 0 Å². The predicted octanol–water partition coefficient (Wildman–Crippen LogP) is 3.99. The van der Waals surface area contributed by atoms with Gasteiger partial charge in [0.05, 0.1) is 11.3 Å². The van der Waals surface area contributed by atoms with Crippen LogP contribution in [0.15, 0.2) is 41.6 Å². The van der Waals surface area contributed by atoms with Gasteiger partial charge < -0.3 is 5.32 Å². The summed E-state index contributed by atoms with van der Waals surface area (Å²) in [5, 5.41) is 12.7. The lowest BCUT2D eigenvalue weighted by molar-refractivity contribution is 1.08.